The molecule has 180 valence electrons. The van der Waals surface area contributed by atoms with Gasteiger partial charge in [0.15, 0.2) is 0 Å². The Morgan fingerprint density at radius 1 is 1.12 bits per heavy atom. The minimum atomic E-state index is -3.70. The molecule has 1 unspecified atom stereocenters. The topological polar surface area (TPSA) is 106 Å². The summed E-state index contributed by atoms with van der Waals surface area (Å²) in [6, 6.07) is 7.38. The Morgan fingerprint density at radius 3 is 2.42 bits per heavy atom. The number of hydrogen-bond donors (Lipinski definition) is 2. The number of rotatable bonds is 8. The molecule has 33 heavy (non-hydrogen) atoms. The number of carbonyl (C=O) groups is 1. The molecule has 1 saturated heterocycles. The average molecular weight is 498 g/mol. The number of nitrogens with one attached hydrogen (secondary N) is 2. The van der Waals surface area contributed by atoms with Gasteiger partial charge in [0, 0.05) is 24.8 Å². The van der Waals surface area contributed by atoms with Crippen LogP contribution in [0.25, 0.3) is 0 Å². The van der Waals surface area contributed by atoms with Gasteiger partial charge in [0.2, 0.25) is 15.9 Å². The molecular weight excluding hydrogens is 470 g/mol. The van der Waals surface area contributed by atoms with Crippen LogP contribution in [-0.4, -0.2) is 65.2 Å². The molecule has 2 N–H and O–H groups in total. The summed E-state index contributed by atoms with van der Waals surface area (Å²) in [5.41, 5.74) is 1.50. The fourth-order valence-corrected chi connectivity index (χ4v) is 5.30. The summed E-state index contributed by atoms with van der Waals surface area (Å²) in [4.78, 5) is 13.0. The van der Waals surface area contributed by atoms with E-state index in [1.54, 1.807) is 38.1 Å². The highest BCUT2D eigenvalue weighted by molar-refractivity contribution is 7.89. The number of halogens is 1. The van der Waals surface area contributed by atoms with E-state index in [0.717, 1.165) is 0 Å². The molecule has 0 saturated carbocycles. The molecule has 1 aliphatic heterocycles. The molecule has 1 aliphatic rings. The first-order valence-corrected chi connectivity index (χ1v) is 12.2. The van der Waals surface area contributed by atoms with Gasteiger partial charge in [-0.25, -0.2) is 8.42 Å². The number of ether oxygens (including phenoxy) is 3. The maximum atomic E-state index is 13.1. The number of nitrogens with zero attached hydrogens (tertiary/aromatic N) is 1. The molecule has 11 heteroatoms. The number of hydrogen-bond acceptors (Lipinski definition) is 7. The first-order valence-electron chi connectivity index (χ1n) is 10.3. The maximum absolute atomic E-state index is 13.1. The first kappa shape index (κ1) is 25.1. The molecule has 1 amide bonds. The van der Waals surface area contributed by atoms with E-state index >= 15 is 0 Å². The van der Waals surface area contributed by atoms with E-state index in [1.165, 1.54) is 24.6 Å². The van der Waals surface area contributed by atoms with Crippen molar-refractivity contribution < 1.29 is 27.4 Å². The van der Waals surface area contributed by atoms with Crippen molar-refractivity contribution in [1.29, 1.82) is 0 Å². The third kappa shape index (κ3) is 5.70. The third-order valence-electron chi connectivity index (χ3n) is 5.28. The molecule has 0 radical (unpaired) electrons. The molecule has 0 spiro atoms. The van der Waals surface area contributed by atoms with E-state index in [0.29, 0.717) is 59.8 Å². The summed E-state index contributed by atoms with van der Waals surface area (Å²) in [5, 5.41) is 6.20. The molecule has 2 aromatic carbocycles. The van der Waals surface area contributed by atoms with E-state index in [-0.39, 0.29) is 10.8 Å². The minimum absolute atomic E-state index is 0.159. The summed E-state index contributed by atoms with van der Waals surface area (Å²) < 4.78 is 43.4. The molecule has 0 aliphatic carbocycles. The normalized spacial score (nSPS) is 15.5. The maximum Gasteiger partial charge on any atom is 0.246 e. The summed E-state index contributed by atoms with van der Waals surface area (Å²) in [7, 11) is -0.697. The molecule has 1 fully saturated rings. The second-order valence-corrected chi connectivity index (χ2v) is 9.85. The number of carbonyl (C=O) groups excluding carboxylic acids is 1. The molecule has 0 bridgehead atoms. The van der Waals surface area contributed by atoms with Crippen molar-refractivity contribution in [2.75, 3.05) is 51.2 Å². The van der Waals surface area contributed by atoms with Crippen LogP contribution in [0.4, 0.5) is 11.4 Å². The molecule has 3 rings (SSSR count). The predicted octanol–water partition coefficient (Wildman–Crippen LogP) is 3.13. The molecular formula is C22H28ClN3O6S. The lowest BCUT2D eigenvalue weighted by molar-refractivity contribution is -0.116. The number of morpholine rings is 1. The lowest BCUT2D eigenvalue weighted by atomic mass is 10.2. The highest BCUT2D eigenvalue weighted by Crippen LogP contribution is 2.36. The van der Waals surface area contributed by atoms with Gasteiger partial charge < -0.3 is 24.8 Å². The predicted molar refractivity (Wildman–Crippen MR) is 127 cm³/mol. The van der Waals surface area contributed by atoms with Crippen LogP contribution in [0.1, 0.15) is 12.5 Å². The lowest BCUT2D eigenvalue weighted by Gasteiger charge is -2.27. The summed E-state index contributed by atoms with van der Waals surface area (Å²) >= 11 is 6.20. The van der Waals surface area contributed by atoms with Crippen LogP contribution in [0.15, 0.2) is 35.2 Å². The van der Waals surface area contributed by atoms with Crippen molar-refractivity contribution in [2.24, 2.45) is 0 Å². The third-order valence-corrected chi connectivity index (χ3v) is 7.62. The Morgan fingerprint density at radius 2 is 1.79 bits per heavy atom. The molecule has 9 nitrogen and oxygen atoms in total. The zero-order chi connectivity index (χ0) is 24.2. The largest absolute Gasteiger partial charge is 0.495 e. The SMILES string of the molecule is COc1cc(OC)c(NC(C)C(=O)Nc2ccc(C)c(S(=O)(=O)N3CCOCC3)c2)cc1Cl. The minimum Gasteiger partial charge on any atom is -0.495 e. The Balaban J connectivity index is 1.77. The van der Waals surface area contributed by atoms with Crippen LogP contribution in [0.3, 0.4) is 0 Å². The number of methoxy groups -OCH3 is 2. The highest BCUT2D eigenvalue weighted by Gasteiger charge is 2.28. The van der Waals surface area contributed by atoms with Crippen molar-refractivity contribution in [3.8, 4) is 11.5 Å². The number of amides is 1. The van der Waals surface area contributed by atoms with Crippen molar-refractivity contribution >= 4 is 38.9 Å². The quantitative estimate of drug-likeness (QED) is 0.577. The Kier molecular flexibility index (Phi) is 8.06. The van der Waals surface area contributed by atoms with E-state index < -0.39 is 16.1 Å². The lowest BCUT2D eigenvalue weighted by Crippen LogP contribution is -2.40. The zero-order valence-electron chi connectivity index (χ0n) is 19.0. The smallest absolute Gasteiger partial charge is 0.246 e. The summed E-state index contributed by atoms with van der Waals surface area (Å²) in [6.07, 6.45) is 0. The summed E-state index contributed by atoms with van der Waals surface area (Å²) in [6.45, 7) is 4.71. The van der Waals surface area contributed by atoms with E-state index in [2.05, 4.69) is 10.6 Å². The fraction of sp³-hybridized carbons (Fsp3) is 0.409. The number of aryl methyl sites for hydroxylation is 1. The van der Waals surface area contributed by atoms with Crippen LogP contribution in [-0.2, 0) is 19.6 Å². The highest BCUT2D eigenvalue weighted by atomic mass is 35.5. The van der Waals surface area contributed by atoms with Gasteiger partial charge >= 0.3 is 0 Å². The molecule has 2 aromatic rings. The van der Waals surface area contributed by atoms with Crippen molar-refractivity contribution in [3.63, 3.8) is 0 Å². The van der Waals surface area contributed by atoms with Crippen LogP contribution in [0, 0.1) is 6.92 Å². The average Bonchev–Trinajstić information content (AvgIpc) is 2.81. The van der Waals surface area contributed by atoms with Crippen molar-refractivity contribution in [2.45, 2.75) is 24.8 Å². The molecule has 1 atom stereocenters. The number of anilines is 2. The van der Waals surface area contributed by atoms with Gasteiger partial charge in [-0.1, -0.05) is 17.7 Å². The Hall–Kier alpha value is -2.53. The number of benzene rings is 2. The van der Waals surface area contributed by atoms with Gasteiger partial charge in [-0.2, -0.15) is 4.31 Å². The van der Waals surface area contributed by atoms with Crippen molar-refractivity contribution in [1.82, 2.24) is 4.31 Å². The Labute approximate surface area is 199 Å². The van der Waals surface area contributed by atoms with Crippen LogP contribution in [0.5, 0.6) is 11.5 Å². The van der Waals surface area contributed by atoms with Gasteiger partial charge in [-0.05, 0) is 37.6 Å². The van der Waals surface area contributed by atoms with Crippen LogP contribution < -0.4 is 20.1 Å². The van der Waals surface area contributed by atoms with Crippen LogP contribution >= 0.6 is 11.6 Å². The van der Waals surface area contributed by atoms with Gasteiger partial charge in [0.1, 0.15) is 17.5 Å². The standard InChI is InChI=1S/C22H28ClN3O6S/c1-14-5-6-16(11-21(14)33(28,29)26-7-9-32-10-8-26)25-22(27)15(2)24-18-12-17(23)19(30-3)13-20(18)31-4/h5-6,11-13,15,24H,7-10H2,1-4H3,(H,25,27). The molecule has 1 heterocycles. The fourth-order valence-electron chi connectivity index (χ4n) is 3.40. The second-order valence-electron chi connectivity index (χ2n) is 7.54. The van der Waals surface area contributed by atoms with Gasteiger partial charge in [0.05, 0.1) is 43.0 Å². The summed E-state index contributed by atoms with van der Waals surface area (Å²) in [5.74, 6) is 0.553. The second kappa shape index (κ2) is 10.6. The van der Waals surface area contributed by atoms with Crippen molar-refractivity contribution in [3.05, 3.63) is 40.9 Å². The van der Waals surface area contributed by atoms with Crippen LogP contribution in [0.2, 0.25) is 5.02 Å². The van der Waals surface area contributed by atoms with E-state index in [9.17, 15) is 13.2 Å². The Bertz CT molecular complexity index is 1120. The van der Waals surface area contributed by atoms with Gasteiger partial charge in [-0.3, -0.25) is 4.79 Å². The monoisotopic (exact) mass is 497 g/mol. The number of sulfonamides is 1. The van der Waals surface area contributed by atoms with E-state index in [1.807, 2.05) is 0 Å². The molecule has 0 aromatic heterocycles. The first-order chi connectivity index (χ1) is 15.7. The van der Waals surface area contributed by atoms with Gasteiger partial charge in [0.25, 0.3) is 0 Å². The van der Waals surface area contributed by atoms with Gasteiger partial charge in [-0.15, -0.1) is 0 Å². The van der Waals surface area contributed by atoms with E-state index in [4.69, 9.17) is 25.8 Å². The zero-order valence-corrected chi connectivity index (χ0v) is 20.5.